The van der Waals surface area contributed by atoms with Crippen molar-refractivity contribution in [2.45, 2.75) is 19.9 Å². The smallest absolute Gasteiger partial charge is 0.258 e. The fraction of sp³-hybridized carbons (Fsp3) is 0.190. The van der Waals surface area contributed by atoms with Gasteiger partial charge in [-0.05, 0) is 54.8 Å². The molecule has 1 atom stereocenters. The number of nitrogens with one attached hydrogen (secondary N) is 2. The van der Waals surface area contributed by atoms with Crippen molar-refractivity contribution >= 4 is 26.3 Å². The van der Waals surface area contributed by atoms with Crippen molar-refractivity contribution in [2.24, 2.45) is 0 Å². The molecular weight excluding hydrogens is 379 g/mol. The van der Waals surface area contributed by atoms with Gasteiger partial charge in [0.1, 0.15) is 5.82 Å². The van der Waals surface area contributed by atoms with Crippen LogP contribution in [-0.4, -0.2) is 25.2 Å². The zero-order valence-corrected chi connectivity index (χ0v) is 16.2. The molecule has 0 fully saturated rings. The van der Waals surface area contributed by atoms with E-state index in [0.717, 1.165) is 22.1 Å². The van der Waals surface area contributed by atoms with Crippen LogP contribution in [0.5, 0.6) is 0 Å². The monoisotopic (exact) mass is 398 g/mol. The van der Waals surface area contributed by atoms with Crippen LogP contribution in [0.4, 0.5) is 10.1 Å². The molecule has 0 radical (unpaired) electrons. The zero-order valence-electron chi connectivity index (χ0n) is 15.4. The summed E-state index contributed by atoms with van der Waals surface area (Å²) < 4.78 is 37.8. The molecule has 2 heterocycles. The highest BCUT2D eigenvalue weighted by Gasteiger charge is 2.23. The molecule has 28 heavy (non-hydrogen) atoms. The number of aromatic nitrogens is 1. The molecular formula is C21H19FN2O3S. The minimum atomic E-state index is -3.24. The average molecular weight is 398 g/mol. The standard InChI is InChI=1S/C21H19FN2O3S/c1-12-3-4-14(9-13(12)2)19-10-16-17(22)5-6-18(20(16)21(25)24-19)23-15-7-8-28(26,27)11-15/h3-10,15,23H,11H2,1-2H3,(H,24,25)/t15-/m1/s1. The Hall–Kier alpha value is -2.93. The third kappa shape index (κ3) is 3.33. The third-order valence-corrected chi connectivity index (χ3v) is 6.44. The predicted octanol–water partition coefficient (Wildman–Crippen LogP) is 3.67. The minimum Gasteiger partial charge on any atom is -0.377 e. The average Bonchev–Trinajstić information content (AvgIpc) is 2.98. The number of hydrogen-bond acceptors (Lipinski definition) is 4. The normalized spacial score (nSPS) is 17.9. The van der Waals surface area contributed by atoms with E-state index in [1.54, 1.807) is 6.07 Å². The van der Waals surface area contributed by atoms with E-state index in [-0.39, 0.29) is 16.5 Å². The van der Waals surface area contributed by atoms with E-state index in [4.69, 9.17) is 0 Å². The molecule has 2 N–H and O–H groups in total. The maximum absolute atomic E-state index is 14.5. The Morgan fingerprint density at radius 2 is 1.89 bits per heavy atom. The molecule has 1 aliphatic rings. The van der Waals surface area contributed by atoms with E-state index in [0.29, 0.717) is 11.4 Å². The number of halogens is 1. The van der Waals surface area contributed by atoms with Gasteiger partial charge in [-0.25, -0.2) is 12.8 Å². The summed E-state index contributed by atoms with van der Waals surface area (Å²) in [6, 6.07) is 9.67. The predicted molar refractivity (Wildman–Crippen MR) is 110 cm³/mol. The van der Waals surface area contributed by atoms with Gasteiger partial charge in [0.15, 0.2) is 9.84 Å². The SMILES string of the molecule is Cc1ccc(-c2cc3c(F)ccc(N[C@@H]4C=CS(=O)(=O)C4)c3c(=O)[nH]2)cc1C. The molecule has 0 unspecified atom stereocenters. The number of fused-ring (bicyclic) bond motifs is 1. The van der Waals surface area contributed by atoms with Crippen LogP contribution in [0, 0.1) is 19.7 Å². The Morgan fingerprint density at radius 3 is 2.57 bits per heavy atom. The first-order chi connectivity index (χ1) is 13.2. The van der Waals surface area contributed by atoms with Crippen LogP contribution in [0.25, 0.3) is 22.0 Å². The number of aromatic amines is 1. The molecule has 0 amide bonds. The van der Waals surface area contributed by atoms with Crippen LogP contribution in [-0.2, 0) is 9.84 Å². The van der Waals surface area contributed by atoms with Crippen molar-refractivity contribution in [3.8, 4) is 11.3 Å². The Morgan fingerprint density at radius 1 is 1.11 bits per heavy atom. The van der Waals surface area contributed by atoms with Gasteiger partial charge >= 0.3 is 0 Å². The van der Waals surface area contributed by atoms with E-state index in [2.05, 4.69) is 10.3 Å². The lowest BCUT2D eigenvalue weighted by molar-refractivity contribution is 0.605. The quantitative estimate of drug-likeness (QED) is 0.706. The number of anilines is 1. The van der Waals surface area contributed by atoms with E-state index >= 15 is 0 Å². The van der Waals surface area contributed by atoms with Gasteiger partial charge in [0.2, 0.25) is 0 Å². The van der Waals surface area contributed by atoms with Crippen LogP contribution in [0.1, 0.15) is 11.1 Å². The highest BCUT2D eigenvalue weighted by Crippen LogP contribution is 2.28. The van der Waals surface area contributed by atoms with Gasteiger partial charge in [-0.2, -0.15) is 0 Å². The first-order valence-corrected chi connectivity index (χ1v) is 10.6. The maximum atomic E-state index is 14.5. The molecule has 0 bridgehead atoms. The summed E-state index contributed by atoms with van der Waals surface area (Å²) in [7, 11) is -3.24. The van der Waals surface area contributed by atoms with Gasteiger partial charge in [-0.3, -0.25) is 4.79 Å². The molecule has 144 valence electrons. The molecule has 2 aromatic carbocycles. The lowest BCUT2D eigenvalue weighted by atomic mass is 10.0. The zero-order chi connectivity index (χ0) is 20.1. The third-order valence-electron chi connectivity index (χ3n) is 5.05. The van der Waals surface area contributed by atoms with Gasteiger partial charge < -0.3 is 10.3 Å². The molecule has 5 nitrogen and oxygen atoms in total. The lowest BCUT2D eigenvalue weighted by Gasteiger charge is -2.15. The van der Waals surface area contributed by atoms with Gasteiger partial charge in [-0.15, -0.1) is 0 Å². The van der Waals surface area contributed by atoms with Gasteiger partial charge in [-0.1, -0.05) is 18.2 Å². The number of sulfone groups is 1. The maximum Gasteiger partial charge on any atom is 0.258 e. The molecule has 0 saturated carbocycles. The van der Waals surface area contributed by atoms with E-state index in [1.165, 1.54) is 18.2 Å². The molecule has 7 heteroatoms. The number of benzene rings is 2. The Labute approximate surface area is 161 Å². The van der Waals surface area contributed by atoms with E-state index in [1.807, 2.05) is 32.0 Å². The van der Waals surface area contributed by atoms with Gasteiger partial charge in [0.25, 0.3) is 5.56 Å². The van der Waals surface area contributed by atoms with Crippen molar-refractivity contribution in [3.05, 3.63) is 75.2 Å². The topological polar surface area (TPSA) is 79.0 Å². The van der Waals surface area contributed by atoms with Crippen LogP contribution in [0.3, 0.4) is 0 Å². The summed E-state index contributed by atoms with van der Waals surface area (Å²) in [5.41, 5.74) is 3.49. The largest absolute Gasteiger partial charge is 0.377 e. The molecule has 1 aromatic heterocycles. The summed E-state index contributed by atoms with van der Waals surface area (Å²) in [5.74, 6) is -0.601. The van der Waals surface area contributed by atoms with Gasteiger partial charge in [0.05, 0.1) is 17.2 Å². The van der Waals surface area contributed by atoms with Crippen LogP contribution >= 0.6 is 0 Å². The Bertz CT molecular complexity index is 1290. The Kier molecular flexibility index (Phi) is 4.34. The number of H-pyrrole nitrogens is 1. The van der Waals surface area contributed by atoms with Crippen molar-refractivity contribution in [1.82, 2.24) is 4.98 Å². The fourth-order valence-electron chi connectivity index (χ4n) is 3.40. The second kappa shape index (κ2) is 6.60. The van der Waals surface area contributed by atoms with E-state index in [9.17, 15) is 17.6 Å². The van der Waals surface area contributed by atoms with E-state index < -0.39 is 27.3 Å². The van der Waals surface area contributed by atoms with Crippen molar-refractivity contribution in [2.75, 3.05) is 11.1 Å². The van der Waals surface area contributed by atoms with Crippen molar-refractivity contribution in [3.63, 3.8) is 0 Å². The lowest BCUT2D eigenvalue weighted by Crippen LogP contribution is -2.22. The first kappa shape index (κ1) is 18.4. The molecule has 0 saturated heterocycles. The molecule has 1 aliphatic heterocycles. The summed E-state index contributed by atoms with van der Waals surface area (Å²) in [6.45, 7) is 3.97. The highest BCUT2D eigenvalue weighted by atomic mass is 32.2. The minimum absolute atomic E-state index is 0.0928. The Balaban J connectivity index is 1.82. The van der Waals surface area contributed by atoms with Crippen molar-refractivity contribution < 1.29 is 12.8 Å². The van der Waals surface area contributed by atoms with Gasteiger partial charge in [0, 0.05) is 22.2 Å². The molecule has 0 spiro atoms. The molecule has 4 rings (SSSR count). The molecule has 0 aliphatic carbocycles. The summed E-state index contributed by atoms with van der Waals surface area (Å²) in [4.78, 5) is 15.6. The van der Waals surface area contributed by atoms with Crippen LogP contribution in [0.15, 0.2) is 52.7 Å². The number of rotatable bonds is 3. The first-order valence-electron chi connectivity index (χ1n) is 8.84. The van der Waals surface area contributed by atoms with Crippen LogP contribution in [0.2, 0.25) is 0 Å². The number of aryl methyl sites for hydroxylation is 2. The summed E-state index contributed by atoms with van der Waals surface area (Å²) >= 11 is 0. The van der Waals surface area contributed by atoms with Crippen molar-refractivity contribution in [1.29, 1.82) is 0 Å². The van der Waals surface area contributed by atoms with Crippen LogP contribution < -0.4 is 10.9 Å². The second-order valence-electron chi connectivity index (χ2n) is 7.10. The molecule has 3 aromatic rings. The number of hydrogen-bond donors (Lipinski definition) is 2. The second-order valence-corrected chi connectivity index (χ2v) is 9.03. The summed E-state index contributed by atoms with van der Waals surface area (Å²) in [5, 5.41) is 4.54. The highest BCUT2D eigenvalue weighted by molar-refractivity contribution is 7.94. The number of pyridine rings is 1. The fourth-order valence-corrected chi connectivity index (χ4v) is 4.63. The summed E-state index contributed by atoms with van der Waals surface area (Å²) in [6.07, 6.45) is 1.53.